The predicted molar refractivity (Wildman–Crippen MR) is 53.8 cm³/mol. The van der Waals surface area contributed by atoms with Crippen molar-refractivity contribution in [3.05, 3.63) is 0 Å². The van der Waals surface area contributed by atoms with Crippen molar-refractivity contribution in [1.82, 2.24) is 10.2 Å². The van der Waals surface area contributed by atoms with E-state index in [1.54, 1.807) is 0 Å². The number of rotatable bonds is 4. The summed E-state index contributed by atoms with van der Waals surface area (Å²) in [7, 11) is 0. The minimum Gasteiger partial charge on any atom is -0.308 e. The molecule has 0 saturated carbocycles. The van der Waals surface area contributed by atoms with Crippen LogP contribution in [-0.4, -0.2) is 43.8 Å². The highest BCUT2D eigenvalue weighted by Gasteiger charge is 2.27. The molecule has 1 rings (SSSR count). The average Bonchev–Trinajstić information content (AvgIpc) is 2.16. The quantitative estimate of drug-likeness (QED) is 0.784. The van der Waals surface area contributed by atoms with Crippen molar-refractivity contribution in [3.8, 4) is 0 Å². The number of hydrogen-bond donors (Lipinski definition) is 1. The molecule has 1 saturated heterocycles. The summed E-state index contributed by atoms with van der Waals surface area (Å²) in [5.41, 5.74) is 0. The monoisotopic (exact) mass is 224 g/mol. The number of nitrogens with zero attached hydrogens (tertiary/aromatic N) is 1. The topological polar surface area (TPSA) is 15.3 Å². The molecule has 1 heterocycles. The molecule has 0 aromatic heterocycles. The third-order valence-corrected chi connectivity index (χ3v) is 2.81. The molecular weight excluding hydrogens is 205 g/mol. The Bertz CT molecular complexity index is 182. The number of hydrogen-bond acceptors (Lipinski definition) is 2. The van der Waals surface area contributed by atoms with Gasteiger partial charge in [-0.3, -0.25) is 0 Å². The maximum Gasteiger partial charge on any atom is 0.401 e. The van der Waals surface area contributed by atoms with Crippen LogP contribution >= 0.6 is 0 Å². The first-order valence-corrected chi connectivity index (χ1v) is 5.51. The van der Waals surface area contributed by atoms with Gasteiger partial charge in [-0.25, -0.2) is 0 Å². The number of halogens is 3. The lowest BCUT2D eigenvalue weighted by molar-refractivity contribution is -0.125. The van der Waals surface area contributed by atoms with Crippen LogP contribution in [0.5, 0.6) is 0 Å². The van der Waals surface area contributed by atoms with E-state index in [9.17, 15) is 13.2 Å². The highest BCUT2D eigenvalue weighted by Crippen LogP contribution is 2.16. The van der Waals surface area contributed by atoms with Crippen LogP contribution in [0.3, 0.4) is 0 Å². The summed E-state index contributed by atoms with van der Waals surface area (Å²) in [6, 6.07) is 0. The second-order valence-corrected chi connectivity index (χ2v) is 4.15. The van der Waals surface area contributed by atoms with E-state index in [1.165, 1.54) is 0 Å². The van der Waals surface area contributed by atoms with Crippen LogP contribution in [0.2, 0.25) is 0 Å². The normalized spacial score (nSPS) is 24.4. The van der Waals surface area contributed by atoms with E-state index < -0.39 is 12.7 Å². The molecule has 1 atom stereocenters. The van der Waals surface area contributed by atoms with Crippen LogP contribution in [0.25, 0.3) is 0 Å². The van der Waals surface area contributed by atoms with Crippen molar-refractivity contribution in [1.29, 1.82) is 0 Å². The molecule has 0 radical (unpaired) electrons. The summed E-state index contributed by atoms with van der Waals surface area (Å²) in [6.45, 7) is 4.72. The molecule has 5 heteroatoms. The van der Waals surface area contributed by atoms with Crippen molar-refractivity contribution in [2.75, 3.05) is 32.7 Å². The lowest BCUT2D eigenvalue weighted by atomic mass is 9.98. The first kappa shape index (κ1) is 12.8. The van der Waals surface area contributed by atoms with Crippen molar-refractivity contribution < 1.29 is 13.2 Å². The van der Waals surface area contributed by atoms with Crippen LogP contribution < -0.4 is 5.32 Å². The van der Waals surface area contributed by atoms with Gasteiger partial charge in [0.2, 0.25) is 0 Å². The van der Waals surface area contributed by atoms with Gasteiger partial charge in [0.05, 0.1) is 6.54 Å². The van der Waals surface area contributed by atoms with E-state index in [1.807, 2.05) is 0 Å². The van der Waals surface area contributed by atoms with Crippen molar-refractivity contribution in [2.24, 2.45) is 5.92 Å². The maximum absolute atomic E-state index is 11.9. The third-order valence-electron chi connectivity index (χ3n) is 2.81. The smallest absolute Gasteiger partial charge is 0.308 e. The Morgan fingerprint density at radius 3 is 2.73 bits per heavy atom. The van der Waals surface area contributed by atoms with Gasteiger partial charge in [0.25, 0.3) is 0 Å². The highest BCUT2D eigenvalue weighted by atomic mass is 19.4. The third kappa shape index (κ3) is 5.37. The summed E-state index contributed by atoms with van der Waals surface area (Å²) in [5.74, 6) is 0.376. The Labute approximate surface area is 88.8 Å². The zero-order chi connectivity index (χ0) is 11.3. The van der Waals surface area contributed by atoms with Crippen molar-refractivity contribution >= 4 is 0 Å². The minimum absolute atomic E-state index is 0.376. The van der Waals surface area contributed by atoms with Gasteiger partial charge in [-0.05, 0) is 38.4 Å². The van der Waals surface area contributed by atoms with Gasteiger partial charge in [-0.1, -0.05) is 6.92 Å². The van der Waals surface area contributed by atoms with Crippen LogP contribution in [-0.2, 0) is 0 Å². The van der Waals surface area contributed by atoms with E-state index in [4.69, 9.17) is 0 Å². The van der Waals surface area contributed by atoms with Gasteiger partial charge in [0.1, 0.15) is 0 Å². The Kier molecular flexibility index (Phi) is 4.86. The van der Waals surface area contributed by atoms with E-state index in [0.29, 0.717) is 12.5 Å². The second-order valence-electron chi connectivity index (χ2n) is 4.15. The molecule has 1 fully saturated rings. The molecule has 0 amide bonds. The molecule has 2 nitrogen and oxygen atoms in total. The summed E-state index contributed by atoms with van der Waals surface area (Å²) in [5, 5.41) is 2.49. The van der Waals surface area contributed by atoms with Gasteiger partial charge in [0.15, 0.2) is 0 Å². The molecule has 1 N–H and O–H groups in total. The van der Waals surface area contributed by atoms with E-state index in [-0.39, 0.29) is 0 Å². The van der Waals surface area contributed by atoms with E-state index in [2.05, 4.69) is 17.1 Å². The average molecular weight is 224 g/mol. The molecule has 1 unspecified atom stereocenters. The molecule has 0 aliphatic carbocycles. The van der Waals surface area contributed by atoms with E-state index >= 15 is 0 Å². The Morgan fingerprint density at radius 2 is 2.13 bits per heavy atom. The zero-order valence-corrected chi connectivity index (χ0v) is 9.11. The van der Waals surface area contributed by atoms with Crippen LogP contribution in [0.1, 0.15) is 19.8 Å². The molecule has 0 aromatic rings. The maximum atomic E-state index is 11.9. The molecule has 90 valence electrons. The summed E-state index contributed by atoms with van der Waals surface area (Å²) >= 11 is 0. The molecular formula is C10H19F3N2. The minimum atomic E-state index is -4.08. The number of alkyl halides is 3. The fourth-order valence-corrected chi connectivity index (χ4v) is 2.02. The fourth-order valence-electron chi connectivity index (χ4n) is 2.02. The number of nitrogens with one attached hydrogen (secondary N) is 1. The van der Waals surface area contributed by atoms with Crippen LogP contribution in [0, 0.1) is 5.92 Å². The first-order valence-electron chi connectivity index (χ1n) is 5.51. The molecule has 0 bridgehead atoms. The second kappa shape index (κ2) is 5.70. The molecule has 15 heavy (non-hydrogen) atoms. The molecule has 0 aromatic carbocycles. The van der Waals surface area contributed by atoms with Crippen LogP contribution in [0.15, 0.2) is 0 Å². The molecule has 1 aliphatic rings. The molecule has 0 spiro atoms. The van der Waals surface area contributed by atoms with Crippen molar-refractivity contribution in [2.45, 2.75) is 25.9 Å². The van der Waals surface area contributed by atoms with Gasteiger partial charge in [0, 0.05) is 6.54 Å². The SMILES string of the molecule is CCN1CCCC(CNCC(F)(F)F)C1. The fraction of sp³-hybridized carbons (Fsp3) is 1.00. The van der Waals surface area contributed by atoms with Gasteiger partial charge in [-0.15, -0.1) is 0 Å². The molecule has 1 aliphatic heterocycles. The lowest BCUT2D eigenvalue weighted by Gasteiger charge is -2.32. The Morgan fingerprint density at radius 1 is 1.40 bits per heavy atom. The summed E-state index contributed by atoms with van der Waals surface area (Å²) in [6.07, 6.45) is -1.94. The first-order chi connectivity index (χ1) is 7.01. The van der Waals surface area contributed by atoms with Gasteiger partial charge < -0.3 is 10.2 Å². The van der Waals surface area contributed by atoms with Crippen LogP contribution in [0.4, 0.5) is 13.2 Å². The highest BCUT2D eigenvalue weighted by molar-refractivity contribution is 4.74. The summed E-state index contributed by atoms with van der Waals surface area (Å²) in [4.78, 5) is 2.30. The van der Waals surface area contributed by atoms with Crippen molar-refractivity contribution in [3.63, 3.8) is 0 Å². The number of piperidine rings is 1. The van der Waals surface area contributed by atoms with E-state index in [0.717, 1.165) is 32.5 Å². The number of likely N-dealkylation sites (tertiary alicyclic amines) is 1. The Hall–Kier alpha value is -0.290. The van der Waals surface area contributed by atoms with Gasteiger partial charge in [-0.2, -0.15) is 13.2 Å². The lowest BCUT2D eigenvalue weighted by Crippen LogP contribution is -2.41. The standard InChI is InChI=1S/C10H19F3N2/c1-2-15-5-3-4-9(7-15)6-14-8-10(11,12)13/h9,14H,2-8H2,1H3. The zero-order valence-electron chi connectivity index (χ0n) is 9.11. The largest absolute Gasteiger partial charge is 0.401 e. The Balaban J connectivity index is 2.15. The van der Waals surface area contributed by atoms with Gasteiger partial charge >= 0.3 is 6.18 Å². The predicted octanol–water partition coefficient (Wildman–Crippen LogP) is 1.87. The summed E-state index contributed by atoms with van der Waals surface area (Å²) < 4.78 is 35.6.